The van der Waals surface area contributed by atoms with Crippen LogP contribution in [0, 0.1) is 5.82 Å². The molecule has 3 nitrogen and oxygen atoms in total. The lowest BCUT2D eigenvalue weighted by molar-refractivity contribution is 0.384. The van der Waals surface area contributed by atoms with Crippen LogP contribution in [0.3, 0.4) is 0 Å². The third kappa shape index (κ3) is 1.90. The van der Waals surface area contributed by atoms with Crippen LogP contribution in [0.2, 0.25) is 0 Å². The molecule has 0 N–H and O–H groups in total. The van der Waals surface area contributed by atoms with Gasteiger partial charge in [0.2, 0.25) is 5.89 Å². The van der Waals surface area contributed by atoms with Gasteiger partial charge in [-0.3, -0.25) is 0 Å². The molecule has 0 aliphatic heterocycles. The Morgan fingerprint density at radius 1 is 1.23 bits per heavy atom. The Bertz CT molecular complexity index is 369. The lowest BCUT2D eigenvalue weighted by Gasteiger charge is -1.95. The minimum Gasteiger partial charge on any atom is -0.339 e. The first kappa shape index (κ1) is 7.91. The van der Waals surface area contributed by atoms with Crippen LogP contribution in [-0.4, -0.2) is 10.1 Å². The summed E-state index contributed by atoms with van der Waals surface area (Å²) in [5.74, 6) is 0.292. The van der Waals surface area contributed by atoms with Crippen molar-refractivity contribution >= 4 is 0 Å². The van der Waals surface area contributed by atoms with Gasteiger partial charge in [-0.15, -0.1) is 0 Å². The van der Waals surface area contributed by atoms with Gasteiger partial charge < -0.3 is 4.52 Å². The molecular formula is C9H7FN2O. The number of benzene rings is 1. The maximum atomic E-state index is 12.5. The van der Waals surface area contributed by atoms with E-state index in [2.05, 4.69) is 10.1 Å². The molecule has 0 unspecified atom stereocenters. The standard InChI is InChI=1S/C9H7FN2O/c10-8-3-1-7(2-4-8)5-9-11-6-12-13-9/h1-4,6H,5H2. The van der Waals surface area contributed by atoms with Crippen LogP contribution in [0.4, 0.5) is 4.39 Å². The zero-order valence-electron chi connectivity index (χ0n) is 6.77. The van der Waals surface area contributed by atoms with Gasteiger partial charge in [-0.2, -0.15) is 4.98 Å². The number of rotatable bonds is 2. The largest absolute Gasteiger partial charge is 0.339 e. The van der Waals surface area contributed by atoms with Crippen molar-refractivity contribution in [3.63, 3.8) is 0 Å². The van der Waals surface area contributed by atoms with Crippen molar-refractivity contribution in [3.05, 3.63) is 47.9 Å². The van der Waals surface area contributed by atoms with Crippen LogP contribution in [0.25, 0.3) is 0 Å². The molecule has 1 aromatic heterocycles. The summed E-state index contributed by atoms with van der Waals surface area (Å²) in [5.41, 5.74) is 0.950. The average Bonchev–Trinajstić information content (AvgIpc) is 2.62. The Balaban J connectivity index is 2.15. The molecule has 0 atom stereocenters. The fourth-order valence-electron chi connectivity index (χ4n) is 1.05. The van der Waals surface area contributed by atoms with E-state index < -0.39 is 0 Å². The minimum atomic E-state index is -0.241. The quantitative estimate of drug-likeness (QED) is 0.703. The smallest absolute Gasteiger partial charge is 0.230 e. The molecule has 0 spiro atoms. The molecule has 1 aromatic carbocycles. The predicted octanol–water partition coefficient (Wildman–Crippen LogP) is 1.80. The van der Waals surface area contributed by atoms with Gasteiger partial charge in [-0.1, -0.05) is 17.3 Å². The molecule has 0 aliphatic rings. The van der Waals surface area contributed by atoms with Gasteiger partial charge in [0.05, 0.1) is 6.42 Å². The number of hydrogen-bond donors (Lipinski definition) is 0. The van der Waals surface area contributed by atoms with Gasteiger partial charge in [-0.25, -0.2) is 4.39 Å². The number of hydrogen-bond acceptors (Lipinski definition) is 3. The minimum absolute atomic E-state index is 0.241. The van der Waals surface area contributed by atoms with Crippen molar-refractivity contribution in [2.45, 2.75) is 6.42 Å². The maximum Gasteiger partial charge on any atom is 0.230 e. The second-order valence-corrected chi connectivity index (χ2v) is 2.64. The SMILES string of the molecule is Fc1ccc(Cc2ncno2)cc1. The van der Waals surface area contributed by atoms with E-state index in [0.29, 0.717) is 12.3 Å². The molecular weight excluding hydrogens is 171 g/mol. The fourth-order valence-corrected chi connectivity index (χ4v) is 1.05. The highest BCUT2D eigenvalue weighted by molar-refractivity contribution is 5.18. The van der Waals surface area contributed by atoms with Crippen molar-refractivity contribution in [2.75, 3.05) is 0 Å². The zero-order chi connectivity index (χ0) is 9.10. The third-order valence-electron chi connectivity index (χ3n) is 1.68. The third-order valence-corrected chi connectivity index (χ3v) is 1.68. The molecule has 0 fully saturated rings. The van der Waals surface area contributed by atoms with Crippen molar-refractivity contribution in [3.8, 4) is 0 Å². The summed E-state index contributed by atoms with van der Waals surface area (Å²) in [4.78, 5) is 3.86. The molecule has 0 saturated carbocycles. The summed E-state index contributed by atoms with van der Waals surface area (Å²) < 4.78 is 17.3. The summed E-state index contributed by atoms with van der Waals surface area (Å²) in [6.45, 7) is 0. The van der Waals surface area contributed by atoms with Gasteiger partial charge in [0.25, 0.3) is 0 Å². The highest BCUT2D eigenvalue weighted by atomic mass is 19.1. The van der Waals surface area contributed by atoms with Gasteiger partial charge >= 0.3 is 0 Å². The van der Waals surface area contributed by atoms with Gasteiger partial charge in [-0.05, 0) is 17.7 Å². The Morgan fingerprint density at radius 3 is 2.62 bits per heavy atom. The molecule has 66 valence electrons. The van der Waals surface area contributed by atoms with Crippen molar-refractivity contribution in [1.82, 2.24) is 10.1 Å². The van der Waals surface area contributed by atoms with Crippen molar-refractivity contribution < 1.29 is 8.91 Å². The Labute approximate surface area is 74.2 Å². The molecule has 1 heterocycles. The highest BCUT2D eigenvalue weighted by Gasteiger charge is 2.00. The summed E-state index contributed by atoms with van der Waals surface area (Å²) in [6.07, 6.45) is 1.89. The summed E-state index contributed by atoms with van der Waals surface area (Å²) in [6, 6.07) is 6.20. The van der Waals surface area contributed by atoms with Crippen molar-refractivity contribution in [1.29, 1.82) is 0 Å². The molecule has 0 saturated heterocycles. The molecule has 2 rings (SSSR count). The van der Waals surface area contributed by atoms with Gasteiger partial charge in [0.1, 0.15) is 5.82 Å². The number of aromatic nitrogens is 2. The second-order valence-electron chi connectivity index (χ2n) is 2.64. The van der Waals surface area contributed by atoms with E-state index in [1.165, 1.54) is 18.5 Å². The van der Waals surface area contributed by atoms with Crippen LogP contribution in [0.5, 0.6) is 0 Å². The van der Waals surface area contributed by atoms with Crippen LogP contribution in [-0.2, 0) is 6.42 Å². The first-order chi connectivity index (χ1) is 6.34. The average molecular weight is 178 g/mol. The van der Waals surface area contributed by atoms with Crippen LogP contribution in [0.15, 0.2) is 35.1 Å². The Morgan fingerprint density at radius 2 is 2.00 bits per heavy atom. The monoisotopic (exact) mass is 178 g/mol. The normalized spacial score (nSPS) is 10.2. The van der Waals surface area contributed by atoms with E-state index >= 15 is 0 Å². The first-order valence-electron chi connectivity index (χ1n) is 3.84. The molecule has 0 radical (unpaired) electrons. The van der Waals surface area contributed by atoms with E-state index in [-0.39, 0.29) is 5.82 Å². The molecule has 13 heavy (non-hydrogen) atoms. The number of halogens is 1. The van der Waals surface area contributed by atoms with Crippen LogP contribution >= 0.6 is 0 Å². The molecule has 4 heteroatoms. The van der Waals surface area contributed by atoms with Crippen LogP contribution in [0.1, 0.15) is 11.5 Å². The summed E-state index contributed by atoms with van der Waals surface area (Å²) in [7, 11) is 0. The van der Waals surface area contributed by atoms with E-state index in [0.717, 1.165) is 5.56 Å². The molecule has 0 aliphatic carbocycles. The highest BCUT2D eigenvalue weighted by Crippen LogP contribution is 2.07. The van der Waals surface area contributed by atoms with Gasteiger partial charge in [0, 0.05) is 0 Å². The lowest BCUT2D eigenvalue weighted by Crippen LogP contribution is -1.87. The van der Waals surface area contributed by atoms with Crippen LogP contribution < -0.4 is 0 Å². The van der Waals surface area contributed by atoms with E-state index in [1.807, 2.05) is 0 Å². The lowest BCUT2D eigenvalue weighted by atomic mass is 10.1. The maximum absolute atomic E-state index is 12.5. The topological polar surface area (TPSA) is 38.9 Å². The first-order valence-corrected chi connectivity index (χ1v) is 3.84. The molecule has 2 aromatic rings. The molecule has 0 amide bonds. The summed E-state index contributed by atoms with van der Waals surface area (Å²) in [5, 5.41) is 3.48. The zero-order valence-corrected chi connectivity index (χ0v) is 6.77. The number of nitrogens with zero attached hydrogens (tertiary/aromatic N) is 2. The fraction of sp³-hybridized carbons (Fsp3) is 0.111. The second kappa shape index (κ2) is 3.35. The van der Waals surface area contributed by atoms with Gasteiger partial charge in [0.15, 0.2) is 6.33 Å². The predicted molar refractivity (Wildman–Crippen MR) is 43.5 cm³/mol. The Hall–Kier alpha value is -1.71. The van der Waals surface area contributed by atoms with E-state index in [1.54, 1.807) is 12.1 Å². The van der Waals surface area contributed by atoms with E-state index in [9.17, 15) is 4.39 Å². The molecule has 0 bridgehead atoms. The summed E-state index contributed by atoms with van der Waals surface area (Å²) >= 11 is 0. The van der Waals surface area contributed by atoms with Crippen molar-refractivity contribution in [2.24, 2.45) is 0 Å². The van der Waals surface area contributed by atoms with E-state index in [4.69, 9.17) is 4.52 Å². The Kier molecular flexibility index (Phi) is 2.04.